The number of hydrogen-bond donors (Lipinski definition) is 1. The van der Waals surface area contributed by atoms with Gasteiger partial charge in [0.05, 0.1) is 19.4 Å². The van der Waals surface area contributed by atoms with Crippen LogP contribution in [0.5, 0.6) is 5.75 Å². The Morgan fingerprint density at radius 3 is 2.43 bits per heavy atom. The molecule has 0 aliphatic heterocycles. The molecular formula is C17H16BrNO2. The molecule has 108 valence electrons. The molecule has 3 rings (SSSR count). The van der Waals surface area contributed by atoms with E-state index in [-0.39, 0.29) is 6.04 Å². The van der Waals surface area contributed by atoms with E-state index < -0.39 is 0 Å². The molecule has 1 aromatic heterocycles. The molecular weight excluding hydrogens is 330 g/mol. The van der Waals surface area contributed by atoms with Gasteiger partial charge in [0.15, 0.2) is 4.67 Å². The molecule has 0 fully saturated rings. The molecule has 0 radical (unpaired) electrons. The summed E-state index contributed by atoms with van der Waals surface area (Å²) in [5, 5.41) is 5.64. The Kier molecular flexibility index (Phi) is 3.99. The molecule has 3 nitrogen and oxygen atoms in total. The molecule has 0 aliphatic carbocycles. The van der Waals surface area contributed by atoms with Crippen molar-refractivity contribution in [1.29, 1.82) is 0 Å². The second kappa shape index (κ2) is 5.92. The molecule has 0 aliphatic rings. The lowest BCUT2D eigenvalue weighted by Crippen LogP contribution is -2.17. The highest BCUT2D eigenvalue weighted by Gasteiger charge is 2.20. The maximum Gasteiger partial charge on any atom is 0.174 e. The number of furan rings is 1. The number of fused-ring (bicyclic) bond motifs is 1. The minimum absolute atomic E-state index is 0.0499. The van der Waals surface area contributed by atoms with E-state index in [0.29, 0.717) is 0 Å². The van der Waals surface area contributed by atoms with E-state index in [2.05, 4.69) is 39.4 Å². The maximum absolute atomic E-state index is 5.46. The Morgan fingerprint density at radius 2 is 1.81 bits per heavy atom. The van der Waals surface area contributed by atoms with Gasteiger partial charge in [-0.3, -0.25) is 0 Å². The van der Waals surface area contributed by atoms with E-state index >= 15 is 0 Å². The van der Waals surface area contributed by atoms with E-state index in [1.807, 2.05) is 31.3 Å². The van der Waals surface area contributed by atoms with Gasteiger partial charge in [-0.15, -0.1) is 0 Å². The Morgan fingerprint density at radius 1 is 1.05 bits per heavy atom. The summed E-state index contributed by atoms with van der Waals surface area (Å²) in [5.74, 6) is 0.885. The summed E-state index contributed by atoms with van der Waals surface area (Å²) >= 11 is 3.47. The second-order valence-electron chi connectivity index (χ2n) is 4.77. The van der Waals surface area contributed by atoms with Gasteiger partial charge in [-0.25, -0.2) is 0 Å². The van der Waals surface area contributed by atoms with Gasteiger partial charge >= 0.3 is 0 Å². The largest absolute Gasteiger partial charge is 0.496 e. The molecule has 0 bridgehead atoms. The molecule has 3 aromatic rings. The highest BCUT2D eigenvalue weighted by molar-refractivity contribution is 9.10. The zero-order valence-corrected chi connectivity index (χ0v) is 13.5. The normalized spacial score (nSPS) is 12.5. The Hall–Kier alpha value is -1.78. The van der Waals surface area contributed by atoms with Crippen molar-refractivity contribution in [3.63, 3.8) is 0 Å². The molecule has 1 atom stereocenters. The van der Waals surface area contributed by atoms with Crippen molar-refractivity contribution in [2.24, 2.45) is 0 Å². The fourth-order valence-electron chi connectivity index (χ4n) is 2.71. The zero-order valence-electron chi connectivity index (χ0n) is 11.9. The Balaban J connectivity index is 2.22. The zero-order chi connectivity index (χ0) is 14.8. The summed E-state index contributed by atoms with van der Waals surface area (Å²) in [5.41, 5.74) is 2.27. The average molecular weight is 346 g/mol. The van der Waals surface area contributed by atoms with Gasteiger partial charge in [0.1, 0.15) is 5.75 Å². The van der Waals surface area contributed by atoms with E-state index in [1.54, 1.807) is 13.4 Å². The molecule has 2 aromatic carbocycles. The fourth-order valence-corrected chi connectivity index (χ4v) is 3.18. The van der Waals surface area contributed by atoms with Gasteiger partial charge in [-0.2, -0.15) is 0 Å². The summed E-state index contributed by atoms with van der Waals surface area (Å²) in [4.78, 5) is 0. The number of benzene rings is 2. The standard InChI is InChI=1S/C17H16BrNO2/c1-19-16(14-9-10-21-17(14)18)13-7-8-15(20-2)12-6-4-3-5-11(12)13/h3-10,16,19H,1-2H3. The van der Waals surface area contributed by atoms with E-state index in [4.69, 9.17) is 9.15 Å². The van der Waals surface area contributed by atoms with Crippen LogP contribution >= 0.6 is 15.9 Å². The van der Waals surface area contributed by atoms with E-state index in [1.165, 1.54) is 10.9 Å². The van der Waals surface area contributed by atoms with Crippen LogP contribution in [0.25, 0.3) is 10.8 Å². The van der Waals surface area contributed by atoms with Crippen LogP contribution in [0.3, 0.4) is 0 Å². The molecule has 0 saturated heterocycles. The Bertz CT molecular complexity index is 766. The number of rotatable bonds is 4. The van der Waals surface area contributed by atoms with Crippen molar-refractivity contribution < 1.29 is 9.15 Å². The molecule has 1 N–H and O–H groups in total. The summed E-state index contributed by atoms with van der Waals surface area (Å²) in [6.45, 7) is 0. The van der Waals surface area contributed by atoms with Crippen LogP contribution in [0.4, 0.5) is 0 Å². The first-order valence-corrected chi connectivity index (χ1v) is 7.51. The maximum atomic E-state index is 5.46. The van der Waals surface area contributed by atoms with Gasteiger partial charge in [0, 0.05) is 10.9 Å². The first-order valence-electron chi connectivity index (χ1n) is 6.72. The molecule has 0 amide bonds. The van der Waals surface area contributed by atoms with Crippen LogP contribution in [-0.2, 0) is 0 Å². The van der Waals surface area contributed by atoms with E-state index in [0.717, 1.165) is 21.4 Å². The van der Waals surface area contributed by atoms with Gasteiger partial charge in [-0.1, -0.05) is 30.3 Å². The van der Waals surface area contributed by atoms with Gasteiger partial charge < -0.3 is 14.5 Å². The predicted octanol–water partition coefficient (Wildman–Crippen LogP) is 4.51. The third-order valence-electron chi connectivity index (χ3n) is 3.69. The lowest BCUT2D eigenvalue weighted by Gasteiger charge is -2.19. The van der Waals surface area contributed by atoms with E-state index in [9.17, 15) is 0 Å². The van der Waals surface area contributed by atoms with Crippen molar-refractivity contribution in [1.82, 2.24) is 5.32 Å². The van der Waals surface area contributed by atoms with Gasteiger partial charge in [0.25, 0.3) is 0 Å². The van der Waals surface area contributed by atoms with Crippen molar-refractivity contribution in [2.75, 3.05) is 14.2 Å². The third kappa shape index (κ3) is 2.45. The van der Waals surface area contributed by atoms with Crippen LogP contribution in [0.15, 0.2) is 57.8 Å². The molecule has 21 heavy (non-hydrogen) atoms. The first-order chi connectivity index (χ1) is 10.3. The van der Waals surface area contributed by atoms with Gasteiger partial charge in [0.2, 0.25) is 0 Å². The van der Waals surface area contributed by atoms with Crippen LogP contribution in [-0.4, -0.2) is 14.2 Å². The quantitative estimate of drug-likeness (QED) is 0.755. The van der Waals surface area contributed by atoms with Crippen molar-refractivity contribution >= 4 is 26.7 Å². The minimum atomic E-state index is 0.0499. The molecule has 1 heterocycles. The number of methoxy groups -OCH3 is 1. The van der Waals surface area contributed by atoms with Crippen LogP contribution < -0.4 is 10.1 Å². The Labute approximate surface area is 132 Å². The average Bonchev–Trinajstić information content (AvgIpc) is 2.94. The third-order valence-corrected chi connectivity index (χ3v) is 4.34. The highest BCUT2D eigenvalue weighted by atomic mass is 79.9. The van der Waals surface area contributed by atoms with Crippen molar-refractivity contribution in [3.05, 3.63) is 64.5 Å². The lowest BCUT2D eigenvalue weighted by molar-refractivity contribution is 0.419. The topological polar surface area (TPSA) is 34.4 Å². The highest BCUT2D eigenvalue weighted by Crippen LogP contribution is 2.36. The fraction of sp³-hybridized carbons (Fsp3) is 0.176. The van der Waals surface area contributed by atoms with Crippen molar-refractivity contribution in [3.8, 4) is 5.75 Å². The first kappa shape index (κ1) is 14.2. The summed E-state index contributed by atoms with van der Waals surface area (Å²) in [7, 11) is 3.65. The molecule has 4 heteroatoms. The number of ether oxygens (including phenoxy) is 1. The van der Waals surface area contributed by atoms with Crippen LogP contribution in [0.1, 0.15) is 17.2 Å². The number of nitrogens with one attached hydrogen (secondary N) is 1. The molecule has 1 unspecified atom stereocenters. The summed E-state index contributed by atoms with van der Waals surface area (Å²) in [6, 6.07) is 14.4. The second-order valence-corrected chi connectivity index (χ2v) is 5.49. The van der Waals surface area contributed by atoms with Crippen LogP contribution in [0.2, 0.25) is 0 Å². The van der Waals surface area contributed by atoms with Crippen LogP contribution in [0, 0.1) is 0 Å². The summed E-state index contributed by atoms with van der Waals surface area (Å²) in [6.07, 6.45) is 1.69. The lowest BCUT2D eigenvalue weighted by atomic mass is 9.95. The predicted molar refractivity (Wildman–Crippen MR) is 87.8 cm³/mol. The SMILES string of the molecule is CNC(c1ccoc1Br)c1ccc(OC)c2ccccc12. The molecule has 0 saturated carbocycles. The number of halogens is 1. The molecule has 0 spiro atoms. The smallest absolute Gasteiger partial charge is 0.174 e. The number of hydrogen-bond acceptors (Lipinski definition) is 3. The van der Waals surface area contributed by atoms with Crippen molar-refractivity contribution in [2.45, 2.75) is 6.04 Å². The minimum Gasteiger partial charge on any atom is -0.496 e. The summed E-state index contributed by atoms with van der Waals surface area (Å²) < 4.78 is 11.6. The van der Waals surface area contributed by atoms with Gasteiger partial charge in [-0.05, 0) is 46.1 Å². The monoisotopic (exact) mass is 345 g/mol.